The zero-order chi connectivity index (χ0) is 18.4. The minimum absolute atomic E-state index is 0.225. The maximum atomic E-state index is 13.0. The van der Waals surface area contributed by atoms with Gasteiger partial charge in [-0.2, -0.15) is 0 Å². The number of carbonyl (C=O) groups is 2. The van der Waals surface area contributed by atoms with E-state index in [-0.39, 0.29) is 18.0 Å². The minimum Gasteiger partial charge on any atom is -0.367 e. The zero-order valence-corrected chi connectivity index (χ0v) is 15.0. The third kappa shape index (κ3) is 2.52. The number of rotatable bonds is 2. The fourth-order valence-corrected chi connectivity index (χ4v) is 4.07. The lowest BCUT2D eigenvalue weighted by atomic mass is 10.1. The van der Waals surface area contributed by atoms with Crippen LogP contribution in [-0.2, 0) is 16.6 Å². The van der Waals surface area contributed by atoms with Crippen LogP contribution in [0.4, 0.5) is 5.69 Å². The van der Waals surface area contributed by atoms with E-state index in [4.69, 9.17) is 0 Å². The van der Waals surface area contributed by atoms with Gasteiger partial charge >= 0.3 is 5.69 Å². The predicted octanol–water partition coefficient (Wildman–Crippen LogP) is 0.0357. The van der Waals surface area contributed by atoms with Gasteiger partial charge in [-0.25, -0.2) is 4.79 Å². The van der Waals surface area contributed by atoms with Crippen molar-refractivity contribution in [2.24, 2.45) is 7.05 Å². The number of fused-ring (bicyclic) bond motifs is 1. The first-order valence-electron chi connectivity index (χ1n) is 8.99. The summed E-state index contributed by atoms with van der Waals surface area (Å²) in [5.41, 5.74) is 3.52. The third-order valence-electron chi connectivity index (χ3n) is 5.37. The Morgan fingerprint density at radius 3 is 2.54 bits per heavy atom. The number of imide groups is 1. The number of nitrogens with zero attached hydrogens (tertiary/aromatic N) is 3. The van der Waals surface area contributed by atoms with Crippen molar-refractivity contribution in [2.75, 3.05) is 31.1 Å². The van der Waals surface area contributed by atoms with Gasteiger partial charge in [0.05, 0.1) is 16.7 Å². The molecule has 8 heteroatoms. The molecule has 2 aliphatic heterocycles. The van der Waals surface area contributed by atoms with Crippen LogP contribution >= 0.6 is 0 Å². The van der Waals surface area contributed by atoms with Gasteiger partial charge in [-0.05, 0) is 25.0 Å². The highest BCUT2D eigenvalue weighted by Crippen LogP contribution is 2.32. The van der Waals surface area contributed by atoms with Crippen LogP contribution in [0, 0.1) is 6.92 Å². The van der Waals surface area contributed by atoms with Gasteiger partial charge < -0.3 is 10.2 Å². The fraction of sp³-hybridized carbons (Fsp3) is 0.500. The van der Waals surface area contributed by atoms with Crippen molar-refractivity contribution >= 4 is 28.5 Å². The number of anilines is 1. The first-order valence-corrected chi connectivity index (χ1v) is 8.99. The monoisotopic (exact) mass is 357 g/mol. The van der Waals surface area contributed by atoms with E-state index >= 15 is 0 Å². The Hall–Kier alpha value is -2.61. The molecule has 0 radical (unpaired) electrons. The summed E-state index contributed by atoms with van der Waals surface area (Å²) in [5, 5.41) is 5.70. The Kier molecular flexibility index (Phi) is 4.07. The van der Waals surface area contributed by atoms with Crippen LogP contribution < -0.4 is 21.2 Å². The molecule has 26 heavy (non-hydrogen) atoms. The molecule has 1 aromatic heterocycles. The van der Waals surface area contributed by atoms with Gasteiger partial charge in [0.2, 0.25) is 11.8 Å². The highest BCUT2D eigenvalue weighted by molar-refractivity contribution is 6.00. The second kappa shape index (κ2) is 6.28. The van der Waals surface area contributed by atoms with E-state index in [0.29, 0.717) is 6.42 Å². The zero-order valence-electron chi connectivity index (χ0n) is 15.0. The van der Waals surface area contributed by atoms with Gasteiger partial charge in [0.15, 0.2) is 0 Å². The number of hydrogen-bond acceptors (Lipinski definition) is 5. The number of piperidine rings is 1. The van der Waals surface area contributed by atoms with Crippen LogP contribution in [0.3, 0.4) is 0 Å². The van der Waals surface area contributed by atoms with Crippen molar-refractivity contribution in [3.63, 3.8) is 0 Å². The van der Waals surface area contributed by atoms with Crippen LogP contribution in [0.25, 0.3) is 11.0 Å². The molecule has 2 aliphatic rings. The molecule has 2 fully saturated rings. The molecule has 4 rings (SSSR count). The molecule has 2 aromatic rings. The molecule has 138 valence electrons. The largest absolute Gasteiger partial charge is 0.367 e. The summed E-state index contributed by atoms with van der Waals surface area (Å²) in [5.74, 6) is -0.683. The van der Waals surface area contributed by atoms with Crippen molar-refractivity contribution in [1.29, 1.82) is 0 Å². The van der Waals surface area contributed by atoms with Crippen LogP contribution in [0.2, 0.25) is 0 Å². The SMILES string of the molecule is Cc1ccc2c(c1N1CCNCC1)n(C)c(=O)n2C1CCC(=O)NC1=O. The second-order valence-electron chi connectivity index (χ2n) is 7.01. The van der Waals surface area contributed by atoms with Crippen LogP contribution in [0.15, 0.2) is 16.9 Å². The molecule has 0 spiro atoms. The van der Waals surface area contributed by atoms with Crippen molar-refractivity contribution in [2.45, 2.75) is 25.8 Å². The molecule has 0 saturated carbocycles. The van der Waals surface area contributed by atoms with Gasteiger partial charge in [-0.15, -0.1) is 0 Å². The highest BCUT2D eigenvalue weighted by Gasteiger charge is 2.32. The Labute approximate surface area is 150 Å². The molecular weight excluding hydrogens is 334 g/mol. The first-order chi connectivity index (χ1) is 12.5. The van der Waals surface area contributed by atoms with Crippen LogP contribution in [0.1, 0.15) is 24.4 Å². The smallest absolute Gasteiger partial charge is 0.329 e. The summed E-state index contributed by atoms with van der Waals surface area (Å²) >= 11 is 0. The van der Waals surface area contributed by atoms with Gasteiger partial charge in [0.25, 0.3) is 0 Å². The molecule has 2 saturated heterocycles. The summed E-state index contributed by atoms with van der Waals surface area (Å²) in [6.07, 6.45) is 0.594. The van der Waals surface area contributed by atoms with E-state index in [1.165, 1.54) is 0 Å². The average molecular weight is 357 g/mol. The average Bonchev–Trinajstić information content (AvgIpc) is 2.87. The van der Waals surface area contributed by atoms with E-state index in [0.717, 1.165) is 48.5 Å². The topological polar surface area (TPSA) is 88.4 Å². The first kappa shape index (κ1) is 16.8. The van der Waals surface area contributed by atoms with Gasteiger partial charge in [0.1, 0.15) is 6.04 Å². The van der Waals surface area contributed by atoms with E-state index in [2.05, 4.69) is 15.5 Å². The molecule has 1 unspecified atom stereocenters. The normalized spacial score (nSPS) is 21.3. The molecule has 2 amide bonds. The Bertz CT molecular complexity index is 952. The molecule has 0 aliphatic carbocycles. The maximum Gasteiger partial charge on any atom is 0.329 e. The molecule has 8 nitrogen and oxygen atoms in total. The summed E-state index contributed by atoms with van der Waals surface area (Å²) in [7, 11) is 1.75. The van der Waals surface area contributed by atoms with Crippen LogP contribution in [-0.4, -0.2) is 47.1 Å². The van der Waals surface area contributed by atoms with E-state index in [9.17, 15) is 14.4 Å². The van der Waals surface area contributed by atoms with Gasteiger partial charge in [-0.3, -0.25) is 24.0 Å². The molecule has 2 N–H and O–H groups in total. The number of nitrogens with one attached hydrogen (secondary N) is 2. The Morgan fingerprint density at radius 1 is 1.12 bits per heavy atom. The predicted molar refractivity (Wildman–Crippen MR) is 98.4 cm³/mol. The van der Waals surface area contributed by atoms with Crippen LogP contribution in [0.5, 0.6) is 0 Å². The van der Waals surface area contributed by atoms with Crippen molar-refractivity contribution < 1.29 is 9.59 Å². The number of imidazole rings is 1. The fourth-order valence-electron chi connectivity index (χ4n) is 4.07. The molecule has 1 aromatic carbocycles. The summed E-state index contributed by atoms with van der Waals surface area (Å²) in [6.45, 7) is 5.59. The molecular formula is C18H23N5O3. The Balaban J connectivity index is 1.91. The number of benzene rings is 1. The van der Waals surface area contributed by atoms with Gasteiger partial charge in [0, 0.05) is 39.6 Å². The lowest BCUT2D eigenvalue weighted by molar-refractivity contribution is -0.135. The summed E-state index contributed by atoms with van der Waals surface area (Å²) < 4.78 is 3.17. The molecule has 1 atom stereocenters. The summed E-state index contributed by atoms with van der Waals surface area (Å²) in [6, 6.07) is 3.26. The molecule has 3 heterocycles. The lowest BCUT2D eigenvalue weighted by Crippen LogP contribution is -2.44. The van der Waals surface area contributed by atoms with E-state index < -0.39 is 11.9 Å². The lowest BCUT2D eigenvalue weighted by Gasteiger charge is -2.31. The number of carbonyl (C=O) groups excluding carboxylic acids is 2. The van der Waals surface area contributed by atoms with Crippen molar-refractivity contribution in [1.82, 2.24) is 19.8 Å². The third-order valence-corrected chi connectivity index (χ3v) is 5.37. The number of hydrogen-bond donors (Lipinski definition) is 2. The summed E-state index contributed by atoms with van der Waals surface area (Å²) in [4.78, 5) is 39.1. The molecule has 0 bridgehead atoms. The van der Waals surface area contributed by atoms with Crippen molar-refractivity contribution in [3.8, 4) is 0 Å². The van der Waals surface area contributed by atoms with E-state index in [1.807, 2.05) is 19.1 Å². The second-order valence-corrected chi connectivity index (χ2v) is 7.01. The number of piperazine rings is 1. The minimum atomic E-state index is -0.650. The van der Waals surface area contributed by atoms with Crippen molar-refractivity contribution in [3.05, 3.63) is 28.2 Å². The maximum absolute atomic E-state index is 13.0. The van der Waals surface area contributed by atoms with Gasteiger partial charge in [-0.1, -0.05) is 6.07 Å². The number of aryl methyl sites for hydroxylation is 2. The number of amides is 2. The van der Waals surface area contributed by atoms with E-state index in [1.54, 1.807) is 16.2 Å². The standard InChI is InChI=1S/C18H23N5O3/c1-11-3-4-12-16(15(11)22-9-7-19-8-10-22)21(2)18(26)23(12)13-5-6-14(24)20-17(13)25/h3-4,13,19H,5-10H2,1-2H3,(H,20,24,25). The Morgan fingerprint density at radius 2 is 1.85 bits per heavy atom. The number of aromatic nitrogens is 2. The highest BCUT2D eigenvalue weighted by atomic mass is 16.2. The quantitative estimate of drug-likeness (QED) is 0.741.